The van der Waals surface area contributed by atoms with Gasteiger partial charge in [0.25, 0.3) is 6.01 Å². The standard InChI is InChI=1S/C19H22ClN3O4S/c20-13-1-2-16-15(7-13)22-18(27-16)23-10-19(11-23)8-14(9-19)21-17(24)12-3-5-28(25,26)6-4-12/h1-2,7,12,14H,3-6,8-11H2,(H,21,24). The van der Waals surface area contributed by atoms with E-state index in [1.807, 2.05) is 6.07 Å². The van der Waals surface area contributed by atoms with E-state index in [4.69, 9.17) is 16.0 Å². The van der Waals surface area contributed by atoms with Crippen molar-refractivity contribution in [2.75, 3.05) is 29.5 Å². The second-order valence-electron chi connectivity index (χ2n) is 8.50. The number of anilines is 1. The lowest BCUT2D eigenvalue weighted by molar-refractivity contribution is -0.127. The molecule has 2 saturated heterocycles. The Labute approximate surface area is 168 Å². The van der Waals surface area contributed by atoms with Gasteiger partial charge < -0.3 is 14.6 Å². The number of nitrogens with zero attached hydrogens (tertiary/aromatic N) is 2. The zero-order valence-electron chi connectivity index (χ0n) is 15.4. The minimum atomic E-state index is -2.94. The van der Waals surface area contributed by atoms with Crippen molar-refractivity contribution in [1.82, 2.24) is 10.3 Å². The Balaban J connectivity index is 1.12. The second kappa shape index (κ2) is 6.35. The third-order valence-corrected chi connectivity index (χ3v) is 8.24. The van der Waals surface area contributed by atoms with Crippen LogP contribution in [0.1, 0.15) is 25.7 Å². The molecule has 0 atom stereocenters. The van der Waals surface area contributed by atoms with Gasteiger partial charge in [-0.3, -0.25) is 4.79 Å². The van der Waals surface area contributed by atoms with Gasteiger partial charge in [-0.1, -0.05) is 11.6 Å². The van der Waals surface area contributed by atoms with E-state index in [-0.39, 0.29) is 34.8 Å². The van der Waals surface area contributed by atoms with Crippen LogP contribution in [0.15, 0.2) is 22.6 Å². The summed E-state index contributed by atoms with van der Waals surface area (Å²) in [5.74, 6) is 0.112. The summed E-state index contributed by atoms with van der Waals surface area (Å²) in [6, 6.07) is 6.23. The number of aromatic nitrogens is 1. The van der Waals surface area contributed by atoms with E-state index in [1.54, 1.807) is 12.1 Å². The molecule has 1 aromatic carbocycles. The maximum absolute atomic E-state index is 12.4. The molecule has 0 radical (unpaired) electrons. The minimum Gasteiger partial charge on any atom is -0.423 e. The Morgan fingerprint density at radius 3 is 2.68 bits per heavy atom. The summed E-state index contributed by atoms with van der Waals surface area (Å²) in [6.07, 6.45) is 2.79. The van der Waals surface area contributed by atoms with Crippen molar-refractivity contribution in [3.8, 4) is 0 Å². The molecule has 0 unspecified atom stereocenters. The third kappa shape index (κ3) is 3.26. The van der Waals surface area contributed by atoms with Crippen LogP contribution in [0.2, 0.25) is 5.02 Å². The molecule has 1 spiro atoms. The minimum absolute atomic E-state index is 0.0155. The fraction of sp³-hybridized carbons (Fsp3) is 0.579. The molecular weight excluding hydrogens is 402 g/mol. The number of carbonyl (C=O) groups is 1. The van der Waals surface area contributed by atoms with Crippen LogP contribution in [0.25, 0.3) is 11.1 Å². The number of carbonyl (C=O) groups excluding carboxylic acids is 1. The first-order valence-corrected chi connectivity index (χ1v) is 11.8. The number of nitrogens with one attached hydrogen (secondary N) is 1. The summed E-state index contributed by atoms with van der Waals surface area (Å²) >= 11 is 6.00. The van der Waals surface area contributed by atoms with Gasteiger partial charge in [0.05, 0.1) is 11.5 Å². The molecule has 9 heteroatoms. The average molecular weight is 424 g/mol. The number of hydrogen-bond acceptors (Lipinski definition) is 6. The van der Waals surface area contributed by atoms with E-state index in [0.717, 1.165) is 37.0 Å². The number of hydrogen-bond donors (Lipinski definition) is 1. The van der Waals surface area contributed by atoms with Crippen molar-refractivity contribution in [2.24, 2.45) is 11.3 Å². The highest BCUT2D eigenvalue weighted by Gasteiger charge is 2.54. The van der Waals surface area contributed by atoms with Gasteiger partial charge in [0, 0.05) is 35.5 Å². The average Bonchev–Trinajstić information content (AvgIpc) is 2.97. The largest absolute Gasteiger partial charge is 0.423 e. The summed E-state index contributed by atoms with van der Waals surface area (Å²) < 4.78 is 28.8. The lowest BCUT2D eigenvalue weighted by Gasteiger charge is -2.58. The molecule has 1 saturated carbocycles. The highest BCUT2D eigenvalue weighted by molar-refractivity contribution is 7.91. The second-order valence-corrected chi connectivity index (χ2v) is 11.2. The number of halogens is 1. The summed E-state index contributed by atoms with van der Waals surface area (Å²) in [4.78, 5) is 19.0. The molecule has 1 aliphatic carbocycles. The highest BCUT2D eigenvalue weighted by atomic mass is 35.5. The molecular formula is C19H22ClN3O4S. The van der Waals surface area contributed by atoms with Crippen LogP contribution >= 0.6 is 11.6 Å². The summed E-state index contributed by atoms with van der Waals surface area (Å²) in [7, 11) is -2.94. The number of sulfone groups is 1. The molecule has 150 valence electrons. The summed E-state index contributed by atoms with van der Waals surface area (Å²) in [5.41, 5.74) is 1.72. The quantitative estimate of drug-likeness (QED) is 0.814. The number of fused-ring (bicyclic) bond motifs is 1. The molecule has 1 amide bonds. The molecule has 0 bridgehead atoms. The van der Waals surface area contributed by atoms with E-state index in [9.17, 15) is 13.2 Å². The fourth-order valence-corrected chi connectivity index (χ4v) is 6.40. The molecule has 3 fully saturated rings. The van der Waals surface area contributed by atoms with E-state index >= 15 is 0 Å². The van der Waals surface area contributed by atoms with Crippen LogP contribution in [0.5, 0.6) is 0 Å². The maximum atomic E-state index is 12.4. The molecule has 1 N–H and O–H groups in total. The van der Waals surface area contributed by atoms with Gasteiger partial charge in [0.1, 0.15) is 15.4 Å². The Hall–Kier alpha value is -1.80. The van der Waals surface area contributed by atoms with E-state index in [1.165, 1.54) is 0 Å². The van der Waals surface area contributed by atoms with Crippen molar-refractivity contribution < 1.29 is 17.6 Å². The first-order valence-electron chi connectivity index (χ1n) is 9.63. The zero-order valence-corrected chi connectivity index (χ0v) is 16.9. The Morgan fingerprint density at radius 1 is 1.25 bits per heavy atom. The van der Waals surface area contributed by atoms with Gasteiger partial charge >= 0.3 is 0 Å². The van der Waals surface area contributed by atoms with E-state index in [0.29, 0.717) is 23.9 Å². The first-order chi connectivity index (χ1) is 13.3. The van der Waals surface area contributed by atoms with Gasteiger partial charge in [-0.2, -0.15) is 4.98 Å². The highest BCUT2D eigenvalue weighted by Crippen LogP contribution is 2.49. The predicted octanol–water partition coefficient (Wildman–Crippen LogP) is 2.39. The zero-order chi connectivity index (χ0) is 19.5. The normalized spacial score (nSPS) is 24.1. The van der Waals surface area contributed by atoms with Gasteiger partial charge in [-0.15, -0.1) is 0 Å². The van der Waals surface area contributed by atoms with Gasteiger partial charge in [0.15, 0.2) is 5.58 Å². The smallest absolute Gasteiger partial charge is 0.298 e. The topological polar surface area (TPSA) is 92.5 Å². The Morgan fingerprint density at radius 2 is 1.96 bits per heavy atom. The fourth-order valence-electron chi connectivity index (χ4n) is 4.74. The van der Waals surface area contributed by atoms with Crippen LogP contribution < -0.4 is 10.2 Å². The van der Waals surface area contributed by atoms with Crippen molar-refractivity contribution in [3.63, 3.8) is 0 Å². The van der Waals surface area contributed by atoms with Crippen LogP contribution in [0.3, 0.4) is 0 Å². The Bertz CT molecular complexity index is 1020. The number of rotatable bonds is 3. The molecule has 3 heterocycles. The lowest BCUT2D eigenvalue weighted by Crippen LogP contribution is -2.67. The molecule has 2 aliphatic heterocycles. The SMILES string of the molecule is O=C(NC1CC2(C1)CN(c1nc3cc(Cl)ccc3o1)C2)C1CCS(=O)(=O)CC1. The van der Waals surface area contributed by atoms with Gasteiger partial charge in [-0.25, -0.2) is 8.42 Å². The molecule has 1 aromatic heterocycles. The number of amides is 1. The van der Waals surface area contributed by atoms with Crippen molar-refractivity contribution in [2.45, 2.75) is 31.7 Å². The first kappa shape index (κ1) is 18.2. The van der Waals surface area contributed by atoms with E-state index in [2.05, 4.69) is 15.2 Å². The molecule has 3 aliphatic rings. The van der Waals surface area contributed by atoms with Crippen molar-refractivity contribution in [1.29, 1.82) is 0 Å². The lowest BCUT2D eigenvalue weighted by atomic mass is 9.60. The number of oxazole rings is 1. The maximum Gasteiger partial charge on any atom is 0.298 e. The van der Waals surface area contributed by atoms with Crippen molar-refractivity contribution >= 4 is 44.5 Å². The predicted molar refractivity (Wildman–Crippen MR) is 106 cm³/mol. The molecule has 28 heavy (non-hydrogen) atoms. The van der Waals surface area contributed by atoms with Crippen LogP contribution in [0.4, 0.5) is 6.01 Å². The summed E-state index contributed by atoms with van der Waals surface area (Å²) in [6.45, 7) is 1.75. The van der Waals surface area contributed by atoms with Gasteiger partial charge in [0.2, 0.25) is 5.91 Å². The molecule has 5 rings (SSSR count). The molecule has 7 nitrogen and oxygen atoms in total. The monoisotopic (exact) mass is 423 g/mol. The Kier molecular flexibility index (Phi) is 4.14. The van der Waals surface area contributed by atoms with Gasteiger partial charge in [-0.05, 0) is 43.9 Å². The molecule has 2 aromatic rings. The van der Waals surface area contributed by atoms with Crippen molar-refractivity contribution in [3.05, 3.63) is 23.2 Å². The third-order valence-electron chi connectivity index (χ3n) is 6.29. The van der Waals surface area contributed by atoms with Crippen LogP contribution in [-0.2, 0) is 14.6 Å². The van der Waals surface area contributed by atoms with E-state index < -0.39 is 9.84 Å². The summed E-state index contributed by atoms with van der Waals surface area (Å²) in [5, 5.41) is 3.75. The van der Waals surface area contributed by atoms with Crippen LogP contribution in [-0.4, -0.2) is 49.9 Å². The van der Waals surface area contributed by atoms with Crippen LogP contribution in [0, 0.1) is 11.3 Å². The number of benzene rings is 1.